The van der Waals surface area contributed by atoms with Crippen molar-refractivity contribution in [1.29, 1.82) is 0 Å². The highest BCUT2D eigenvalue weighted by Crippen LogP contribution is 2.09. The SMILES string of the molecule is CC(C)c1nncn1CCNC(=O)CNC(=O)[C@@H](N)C(C)C.Cl.Cl. The second-order valence-electron chi connectivity index (χ2n) is 5.87. The summed E-state index contributed by atoms with van der Waals surface area (Å²) in [5, 5.41) is 13.2. The smallest absolute Gasteiger partial charge is 0.239 e. The lowest BCUT2D eigenvalue weighted by molar-refractivity contribution is -0.127. The third-order valence-electron chi connectivity index (χ3n) is 3.28. The molecule has 0 spiro atoms. The van der Waals surface area contributed by atoms with Gasteiger partial charge in [-0.2, -0.15) is 0 Å². The van der Waals surface area contributed by atoms with E-state index in [1.807, 2.05) is 32.3 Å². The molecular weight excluding hydrogens is 355 g/mol. The molecule has 1 atom stereocenters. The maximum Gasteiger partial charge on any atom is 0.239 e. The van der Waals surface area contributed by atoms with Gasteiger partial charge in [-0.3, -0.25) is 9.59 Å². The van der Waals surface area contributed by atoms with Crippen LogP contribution < -0.4 is 16.4 Å². The molecule has 2 amide bonds. The van der Waals surface area contributed by atoms with Gasteiger partial charge in [0.1, 0.15) is 12.2 Å². The molecule has 0 aliphatic rings. The van der Waals surface area contributed by atoms with E-state index in [1.165, 1.54) is 0 Å². The summed E-state index contributed by atoms with van der Waals surface area (Å²) in [6.07, 6.45) is 1.64. The number of carbonyl (C=O) groups excluding carboxylic acids is 2. The topological polar surface area (TPSA) is 115 Å². The second-order valence-corrected chi connectivity index (χ2v) is 5.87. The summed E-state index contributed by atoms with van der Waals surface area (Å²) in [5.74, 6) is 0.626. The molecule has 0 unspecified atom stereocenters. The molecule has 4 N–H and O–H groups in total. The number of amides is 2. The van der Waals surface area contributed by atoms with Crippen LogP contribution in [0.2, 0.25) is 0 Å². The number of hydrogen-bond donors (Lipinski definition) is 3. The quantitative estimate of drug-likeness (QED) is 0.603. The zero-order valence-corrected chi connectivity index (χ0v) is 16.1. The van der Waals surface area contributed by atoms with Crippen molar-refractivity contribution in [2.45, 2.75) is 46.2 Å². The molecule has 0 fully saturated rings. The van der Waals surface area contributed by atoms with Crippen LogP contribution in [0, 0.1) is 5.92 Å². The Morgan fingerprint density at radius 1 is 1.21 bits per heavy atom. The van der Waals surface area contributed by atoms with E-state index in [-0.39, 0.29) is 55.0 Å². The Balaban J connectivity index is 0. The van der Waals surface area contributed by atoms with Crippen molar-refractivity contribution in [2.24, 2.45) is 11.7 Å². The van der Waals surface area contributed by atoms with Crippen molar-refractivity contribution in [1.82, 2.24) is 25.4 Å². The standard InChI is InChI=1S/C14H26N6O2.2ClH/c1-9(2)12(15)14(22)17-7-11(21)16-5-6-20-8-18-19-13(20)10(3)4;;/h8-10,12H,5-7,15H2,1-4H3,(H,16,21)(H,17,22);2*1H/t12-;;/m0../s1. The highest BCUT2D eigenvalue weighted by atomic mass is 35.5. The minimum absolute atomic E-state index is 0. The van der Waals surface area contributed by atoms with Gasteiger partial charge in [0.15, 0.2) is 0 Å². The molecule has 8 nitrogen and oxygen atoms in total. The van der Waals surface area contributed by atoms with E-state index in [9.17, 15) is 9.59 Å². The molecule has 1 rings (SSSR count). The predicted molar refractivity (Wildman–Crippen MR) is 97.4 cm³/mol. The average molecular weight is 383 g/mol. The molecule has 0 aliphatic heterocycles. The predicted octanol–water partition coefficient (Wildman–Crippen LogP) is 0.461. The largest absolute Gasteiger partial charge is 0.353 e. The first-order valence-corrected chi connectivity index (χ1v) is 7.50. The fourth-order valence-electron chi connectivity index (χ4n) is 1.85. The van der Waals surface area contributed by atoms with Crippen LogP contribution in [0.3, 0.4) is 0 Å². The average Bonchev–Trinajstić information content (AvgIpc) is 2.92. The van der Waals surface area contributed by atoms with Crippen LogP contribution in [-0.4, -0.2) is 45.7 Å². The summed E-state index contributed by atoms with van der Waals surface area (Å²) in [5.41, 5.74) is 5.69. The highest BCUT2D eigenvalue weighted by molar-refractivity contribution is 5.87. The highest BCUT2D eigenvalue weighted by Gasteiger charge is 2.17. The Kier molecular flexibility index (Phi) is 12.5. The molecule has 10 heteroatoms. The van der Waals surface area contributed by atoms with Crippen molar-refractivity contribution in [2.75, 3.05) is 13.1 Å². The van der Waals surface area contributed by atoms with Gasteiger partial charge in [-0.25, -0.2) is 0 Å². The molecule has 140 valence electrons. The zero-order valence-electron chi connectivity index (χ0n) is 14.5. The summed E-state index contributed by atoms with van der Waals surface area (Å²) in [6, 6.07) is -0.599. The Hall–Kier alpha value is -1.38. The number of hydrogen-bond acceptors (Lipinski definition) is 5. The number of halogens is 2. The molecule has 0 bridgehead atoms. The van der Waals surface area contributed by atoms with Crippen molar-refractivity contribution in [3.63, 3.8) is 0 Å². The summed E-state index contributed by atoms with van der Waals surface area (Å²) in [7, 11) is 0. The Bertz CT molecular complexity index is 507. The van der Waals surface area contributed by atoms with Crippen LogP contribution in [0.1, 0.15) is 39.4 Å². The van der Waals surface area contributed by atoms with Crippen LogP contribution in [-0.2, 0) is 16.1 Å². The number of nitrogens with zero attached hydrogens (tertiary/aromatic N) is 3. The molecule has 1 aromatic rings. The van der Waals surface area contributed by atoms with Gasteiger partial charge in [0.25, 0.3) is 0 Å². The maximum absolute atomic E-state index is 11.7. The summed E-state index contributed by atoms with van der Waals surface area (Å²) in [6.45, 7) is 8.75. The van der Waals surface area contributed by atoms with Crippen molar-refractivity contribution < 1.29 is 9.59 Å². The lowest BCUT2D eigenvalue weighted by atomic mass is 10.1. The number of aromatic nitrogens is 3. The molecule has 0 aliphatic carbocycles. The lowest BCUT2D eigenvalue weighted by Crippen LogP contribution is -2.47. The van der Waals surface area contributed by atoms with E-state index >= 15 is 0 Å². The molecule has 0 radical (unpaired) electrons. The van der Waals surface area contributed by atoms with Gasteiger partial charge in [-0.1, -0.05) is 27.7 Å². The molecule has 0 saturated carbocycles. The second kappa shape index (κ2) is 12.0. The van der Waals surface area contributed by atoms with E-state index in [2.05, 4.69) is 20.8 Å². The first-order chi connectivity index (χ1) is 10.3. The van der Waals surface area contributed by atoms with E-state index in [0.717, 1.165) is 5.82 Å². The van der Waals surface area contributed by atoms with Crippen molar-refractivity contribution >= 4 is 36.6 Å². The van der Waals surface area contributed by atoms with E-state index < -0.39 is 6.04 Å². The maximum atomic E-state index is 11.7. The molecule has 1 aromatic heterocycles. The Morgan fingerprint density at radius 2 is 1.83 bits per heavy atom. The molecule has 0 aromatic carbocycles. The molecule has 24 heavy (non-hydrogen) atoms. The van der Waals surface area contributed by atoms with Gasteiger partial charge < -0.3 is 20.9 Å². The van der Waals surface area contributed by atoms with E-state index in [4.69, 9.17) is 5.73 Å². The van der Waals surface area contributed by atoms with E-state index in [0.29, 0.717) is 13.1 Å². The van der Waals surface area contributed by atoms with Gasteiger partial charge in [-0.15, -0.1) is 35.0 Å². The monoisotopic (exact) mass is 382 g/mol. The van der Waals surface area contributed by atoms with Gasteiger partial charge in [-0.05, 0) is 5.92 Å². The van der Waals surface area contributed by atoms with Crippen LogP contribution in [0.4, 0.5) is 0 Å². The van der Waals surface area contributed by atoms with Gasteiger partial charge in [0.2, 0.25) is 11.8 Å². The van der Waals surface area contributed by atoms with Gasteiger partial charge in [0, 0.05) is 19.0 Å². The Morgan fingerprint density at radius 3 is 2.38 bits per heavy atom. The van der Waals surface area contributed by atoms with E-state index in [1.54, 1.807) is 6.33 Å². The fraction of sp³-hybridized carbons (Fsp3) is 0.714. The molecule has 1 heterocycles. The number of carbonyl (C=O) groups is 2. The first-order valence-electron chi connectivity index (χ1n) is 7.50. The fourth-order valence-corrected chi connectivity index (χ4v) is 1.85. The van der Waals surface area contributed by atoms with Gasteiger partial charge in [0.05, 0.1) is 12.6 Å². The third kappa shape index (κ3) is 7.94. The van der Waals surface area contributed by atoms with Crippen LogP contribution in [0.15, 0.2) is 6.33 Å². The van der Waals surface area contributed by atoms with Crippen molar-refractivity contribution in [3.8, 4) is 0 Å². The minimum atomic E-state index is -0.599. The van der Waals surface area contributed by atoms with Crippen LogP contribution in [0.25, 0.3) is 0 Å². The van der Waals surface area contributed by atoms with Crippen LogP contribution in [0.5, 0.6) is 0 Å². The Labute approximate surface area is 155 Å². The van der Waals surface area contributed by atoms with Crippen LogP contribution >= 0.6 is 24.8 Å². The summed E-state index contributed by atoms with van der Waals surface area (Å²) in [4.78, 5) is 23.3. The third-order valence-corrected chi connectivity index (χ3v) is 3.28. The summed E-state index contributed by atoms with van der Waals surface area (Å²) < 4.78 is 1.90. The minimum Gasteiger partial charge on any atom is -0.353 e. The first kappa shape index (κ1) is 24.9. The van der Waals surface area contributed by atoms with Crippen molar-refractivity contribution in [3.05, 3.63) is 12.2 Å². The number of nitrogens with two attached hydrogens (primary N) is 1. The normalized spacial score (nSPS) is 11.5. The molecule has 0 saturated heterocycles. The van der Waals surface area contributed by atoms with Gasteiger partial charge >= 0.3 is 0 Å². The number of rotatable bonds is 8. The number of nitrogens with one attached hydrogen (secondary N) is 2. The molecular formula is C14H28Cl2N6O2. The summed E-state index contributed by atoms with van der Waals surface area (Å²) >= 11 is 0. The zero-order chi connectivity index (χ0) is 16.7. The lowest BCUT2D eigenvalue weighted by Gasteiger charge is -2.15.